The molecular weight excluding hydrogens is 454 g/mol. The molecule has 9 heteroatoms. The summed E-state index contributed by atoms with van der Waals surface area (Å²) in [5, 5.41) is 21.5. The number of phenolic OH excluding ortho intramolecular Hbond substituents is 1. The van der Waals surface area contributed by atoms with Gasteiger partial charge in [0.05, 0.1) is 30.8 Å². The van der Waals surface area contributed by atoms with Crippen LogP contribution < -0.4 is 10.2 Å². The zero-order valence-corrected chi connectivity index (χ0v) is 20.0. The summed E-state index contributed by atoms with van der Waals surface area (Å²) in [6, 6.07) is 21.1. The second-order valence-electron chi connectivity index (χ2n) is 8.46. The summed E-state index contributed by atoms with van der Waals surface area (Å²) in [6.45, 7) is 5.26. The molecule has 2 aromatic carbocycles. The molecule has 1 aliphatic rings. The highest BCUT2D eigenvalue weighted by Gasteiger charge is 2.14. The third-order valence-corrected chi connectivity index (χ3v) is 5.73. The van der Waals surface area contributed by atoms with Crippen LogP contribution in [0.4, 0.5) is 23.1 Å². The molecule has 3 heterocycles. The number of benzene rings is 2. The first-order valence-corrected chi connectivity index (χ1v) is 11.8. The van der Waals surface area contributed by atoms with Crippen molar-refractivity contribution in [1.82, 2.24) is 15.0 Å². The van der Waals surface area contributed by atoms with E-state index in [1.807, 2.05) is 61.5 Å². The fourth-order valence-corrected chi connectivity index (χ4v) is 3.90. The second kappa shape index (κ2) is 10.9. The van der Waals surface area contributed by atoms with Crippen molar-refractivity contribution < 1.29 is 9.84 Å². The van der Waals surface area contributed by atoms with Crippen molar-refractivity contribution >= 4 is 23.1 Å². The minimum atomic E-state index is 0.254. The van der Waals surface area contributed by atoms with Gasteiger partial charge in [-0.15, -0.1) is 5.11 Å². The number of pyridine rings is 1. The maximum atomic E-state index is 9.69. The van der Waals surface area contributed by atoms with Crippen molar-refractivity contribution in [2.45, 2.75) is 13.5 Å². The number of morpholine rings is 1. The standard InChI is InChI=1S/C27H27N7O2/c1-19-15-26(34-11-13-36-14-12-34)32-27(30-19)33-29-18-23-9-10-24(17-28-23)31-22-7-5-20(6-8-22)21-3-2-4-25(35)16-21/h2-10,15-17,31,35H,11-14,18H2,1H3. The molecule has 2 N–H and O–H groups in total. The number of aryl methyl sites for hydroxylation is 1. The number of hydrogen-bond donors (Lipinski definition) is 2. The van der Waals surface area contributed by atoms with E-state index in [9.17, 15) is 5.11 Å². The number of aromatic hydroxyl groups is 1. The Bertz CT molecular complexity index is 1340. The molecule has 4 aromatic rings. The van der Waals surface area contributed by atoms with E-state index >= 15 is 0 Å². The van der Waals surface area contributed by atoms with Crippen LogP contribution in [-0.2, 0) is 11.3 Å². The Morgan fingerprint density at radius 1 is 0.944 bits per heavy atom. The average molecular weight is 482 g/mol. The van der Waals surface area contributed by atoms with Crippen molar-refractivity contribution in [1.29, 1.82) is 0 Å². The quantitative estimate of drug-likeness (QED) is 0.340. The second-order valence-corrected chi connectivity index (χ2v) is 8.46. The van der Waals surface area contributed by atoms with E-state index in [-0.39, 0.29) is 5.75 Å². The van der Waals surface area contributed by atoms with Gasteiger partial charge in [0, 0.05) is 30.5 Å². The molecule has 0 aliphatic carbocycles. The van der Waals surface area contributed by atoms with E-state index in [0.29, 0.717) is 25.7 Å². The topological polar surface area (TPSA) is 108 Å². The number of phenols is 1. The van der Waals surface area contributed by atoms with Gasteiger partial charge in [0.25, 0.3) is 5.95 Å². The Morgan fingerprint density at radius 2 is 1.75 bits per heavy atom. The lowest BCUT2D eigenvalue weighted by atomic mass is 10.1. The van der Waals surface area contributed by atoms with Crippen LogP contribution >= 0.6 is 0 Å². The van der Waals surface area contributed by atoms with Crippen LogP contribution in [0.15, 0.2) is 83.2 Å². The number of azo groups is 1. The van der Waals surface area contributed by atoms with E-state index in [2.05, 4.69) is 35.4 Å². The summed E-state index contributed by atoms with van der Waals surface area (Å²) < 4.78 is 5.42. The zero-order chi connectivity index (χ0) is 24.7. The molecule has 0 amide bonds. The first-order valence-electron chi connectivity index (χ1n) is 11.8. The number of rotatable bonds is 7. The Balaban J connectivity index is 1.18. The van der Waals surface area contributed by atoms with Crippen LogP contribution in [0, 0.1) is 6.92 Å². The van der Waals surface area contributed by atoms with Crippen LogP contribution in [-0.4, -0.2) is 46.4 Å². The summed E-state index contributed by atoms with van der Waals surface area (Å²) in [7, 11) is 0. The van der Waals surface area contributed by atoms with Gasteiger partial charge < -0.3 is 20.1 Å². The molecule has 0 bridgehead atoms. The van der Waals surface area contributed by atoms with E-state index in [1.54, 1.807) is 18.3 Å². The fourth-order valence-electron chi connectivity index (χ4n) is 3.90. The van der Waals surface area contributed by atoms with Crippen molar-refractivity contribution in [3.8, 4) is 16.9 Å². The minimum absolute atomic E-state index is 0.254. The van der Waals surface area contributed by atoms with Gasteiger partial charge in [0.2, 0.25) is 0 Å². The monoisotopic (exact) mass is 481 g/mol. The highest BCUT2D eigenvalue weighted by molar-refractivity contribution is 5.69. The average Bonchev–Trinajstić information content (AvgIpc) is 2.90. The molecule has 9 nitrogen and oxygen atoms in total. The highest BCUT2D eigenvalue weighted by atomic mass is 16.5. The predicted molar refractivity (Wildman–Crippen MR) is 139 cm³/mol. The third kappa shape index (κ3) is 6.00. The van der Waals surface area contributed by atoms with E-state index in [0.717, 1.165) is 52.8 Å². The smallest absolute Gasteiger partial charge is 0.270 e. The summed E-state index contributed by atoms with van der Waals surface area (Å²) in [6.07, 6.45) is 1.77. The lowest BCUT2D eigenvalue weighted by Crippen LogP contribution is -2.36. The van der Waals surface area contributed by atoms with Crippen LogP contribution in [0.5, 0.6) is 5.75 Å². The molecule has 0 unspecified atom stereocenters. The molecule has 2 aromatic heterocycles. The molecule has 0 spiro atoms. The summed E-state index contributed by atoms with van der Waals surface area (Å²) in [4.78, 5) is 15.6. The van der Waals surface area contributed by atoms with Gasteiger partial charge in [-0.05, 0) is 54.4 Å². The van der Waals surface area contributed by atoms with E-state index in [1.165, 1.54) is 0 Å². The summed E-state index contributed by atoms with van der Waals surface area (Å²) in [5.74, 6) is 1.46. The minimum Gasteiger partial charge on any atom is -0.508 e. The first-order chi connectivity index (χ1) is 17.6. The number of ether oxygens (including phenoxy) is 1. The number of nitrogens with one attached hydrogen (secondary N) is 1. The van der Waals surface area contributed by atoms with E-state index < -0.39 is 0 Å². The van der Waals surface area contributed by atoms with Crippen LogP contribution in [0.1, 0.15) is 11.4 Å². The predicted octanol–water partition coefficient (Wildman–Crippen LogP) is 5.42. The normalized spacial score (nSPS) is 13.8. The molecule has 0 saturated carbocycles. The Labute approximate surface area is 209 Å². The number of anilines is 3. The number of nitrogens with zero attached hydrogens (tertiary/aromatic N) is 6. The summed E-state index contributed by atoms with van der Waals surface area (Å²) >= 11 is 0. The molecule has 0 radical (unpaired) electrons. The van der Waals surface area contributed by atoms with Gasteiger partial charge >= 0.3 is 0 Å². The lowest BCUT2D eigenvalue weighted by molar-refractivity contribution is 0.122. The number of aromatic nitrogens is 3. The maximum absolute atomic E-state index is 9.69. The van der Waals surface area contributed by atoms with E-state index in [4.69, 9.17) is 4.74 Å². The molecule has 1 aliphatic heterocycles. The maximum Gasteiger partial charge on any atom is 0.270 e. The largest absolute Gasteiger partial charge is 0.508 e. The van der Waals surface area contributed by atoms with Gasteiger partial charge in [-0.3, -0.25) is 4.98 Å². The van der Waals surface area contributed by atoms with Gasteiger partial charge in [-0.25, -0.2) is 4.98 Å². The summed E-state index contributed by atoms with van der Waals surface area (Å²) in [5.41, 5.74) is 5.47. The van der Waals surface area contributed by atoms with Gasteiger partial charge in [0.1, 0.15) is 18.1 Å². The highest BCUT2D eigenvalue weighted by Crippen LogP contribution is 2.26. The van der Waals surface area contributed by atoms with Gasteiger partial charge in [-0.1, -0.05) is 24.3 Å². The Hall–Kier alpha value is -4.37. The SMILES string of the molecule is Cc1cc(N2CCOCC2)nc(N=NCc2ccc(Nc3ccc(-c4cccc(O)c4)cc3)cn2)n1. The fraction of sp³-hybridized carbons (Fsp3) is 0.222. The van der Waals surface area contributed by atoms with Gasteiger partial charge in [0.15, 0.2) is 0 Å². The number of hydrogen-bond acceptors (Lipinski definition) is 9. The molecule has 0 atom stereocenters. The van der Waals surface area contributed by atoms with Crippen molar-refractivity contribution in [2.75, 3.05) is 36.5 Å². The Kier molecular flexibility index (Phi) is 7.09. The first kappa shape index (κ1) is 23.4. The van der Waals surface area contributed by atoms with Crippen LogP contribution in [0.3, 0.4) is 0 Å². The molecule has 1 saturated heterocycles. The third-order valence-electron chi connectivity index (χ3n) is 5.73. The molecule has 36 heavy (non-hydrogen) atoms. The van der Waals surface area contributed by atoms with Crippen molar-refractivity contribution in [3.63, 3.8) is 0 Å². The Morgan fingerprint density at radius 3 is 2.50 bits per heavy atom. The van der Waals surface area contributed by atoms with Crippen molar-refractivity contribution in [3.05, 3.63) is 84.3 Å². The lowest BCUT2D eigenvalue weighted by Gasteiger charge is -2.27. The van der Waals surface area contributed by atoms with Crippen molar-refractivity contribution in [2.24, 2.45) is 10.2 Å². The molecule has 182 valence electrons. The zero-order valence-electron chi connectivity index (χ0n) is 20.0. The molecule has 5 rings (SSSR count). The van der Waals surface area contributed by atoms with Crippen LogP contribution in [0.2, 0.25) is 0 Å². The van der Waals surface area contributed by atoms with Gasteiger partial charge in [-0.2, -0.15) is 10.1 Å². The molecule has 1 fully saturated rings. The van der Waals surface area contributed by atoms with Crippen LogP contribution in [0.25, 0.3) is 11.1 Å². The molecular formula is C27H27N7O2.